The number of nitrogens with zero attached hydrogens (tertiary/aromatic N) is 1. The van der Waals surface area contributed by atoms with Gasteiger partial charge in [0.1, 0.15) is 23.2 Å². The zero-order valence-corrected chi connectivity index (χ0v) is 15.8. The number of amides is 1. The smallest absolute Gasteiger partial charge is 0.252 e. The lowest BCUT2D eigenvalue weighted by atomic mass is 9.49. The molecule has 1 heterocycles. The lowest BCUT2D eigenvalue weighted by Crippen LogP contribution is -2.78. The van der Waals surface area contributed by atoms with E-state index >= 15 is 0 Å². The molecule has 2 bridgehead atoms. The number of aromatic hydroxyl groups is 1. The zero-order chi connectivity index (χ0) is 19.9. The Morgan fingerprint density at radius 3 is 2.75 bits per heavy atom. The van der Waals surface area contributed by atoms with Crippen molar-refractivity contribution in [2.24, 2.45) is 11.7 Å². The first-order valence-electron chi connectivity index (χ1n) is 10.2. The summed E-state index contributed by atoms with van der Waals surface area (Å²) in [5.74, 6) is -0.535. The molecule has 7 heteroatoms. The minimum Gasteiger partial charge on any atom is -0.632 e. The van der Waals surface area contributed by atoms with Gasteiger partial charge in [-0.2, -0.15) is 0 Å². The second-order valence-corrected chi connectivity index (χ2v) is 9.35. The molecule has 1 amide bonds. The zero-order valence-electron chi connectivity index (χ0n) is 15.8. The molecule has 1 aromatic carbocycles. The maximum atomic E-state index is 13.9. The van der Waals surface area contributed by atoms with E-state index in [1.807, 2.05) is 0 Å². The van der Waals surface area contributed by atoms with E-state index in [9.17, 15) is 25.0 Å². The molecule has 4 N–H and O–H groups in total. The number of benzene rings is 1. The van der Waals surface area contributed by atoms with Gasteiger partial charge < -0.3 is 25.8 Å². The fourth-order valence-electron chi connectivity index (χ4n) is 6.33. The van der Waals surface area contributed by atoms with Crippen molar-refractivity contribution >= 4 is 11.7 Å². The van der Waals surface area contributed by atoms with Crippen molar-refractivity contribution < 1.29 is 24.4 Å². The van der Waals surface area contributed by atoms with Gasteiger partial charge in [-0.15, -0.1) is 0 Å². The summed E-state index contributed by atoms with van der Waals surface area (Å²) in [5.41, 5.74) is 4.25. The Labute approximate surface area is 163 Å². The van der Waals surface area contributed by atoms with Crippen molar-refractivity contribution in [3.63, 3.8) is 0 Å². The van der Waals surface area contributed by atoms with Crippen LogP contribution in [0.1, 0.15) is 60.0 Å². The highest BCUT2D eigenvalue weighted by Crippen LogP contribution is 2.61. The molecule has 3 fully saturated rings. The summed E-state index contributed by atoms with van der Waals surface area (Å²) < 4.78 is -0.422. The molecule has 0 radical (unpaired) electrons. The van der Waals surface area contributed by atoms with Crippen LogP contribution in [-0.2, 0) is 16.6 Å². The van der Waals surface area contributed by atoms with E-state index in [1.54, 1.807) is 6.07 Å². The average molecular weight is 386 g/mol. The number of fused-ring (bicyclic) bond motifs is 1. The minimum atomic E-state index is -1.36. The molecule has 4 aliphatic rings. The Bertz CT molecular complexity index is 897. The molecule has 1 aliphatic heterocycles. The van der Waals surface area contributed by atoms with Crippen LogP contribution in [0.3, 0.4) is 0 Å². The second kappa shape index (κ2) is 5.55. The number of phenols is 1. The molecule has 0 spiro atoms. The van der Waals surface area contributed by atoms with E-state index in [0.29, 0.717) is 37.4 Å². The van der Waals surface area contributed by atoms with E-state index in [4.69, 9.17) is 5.73 Å². The summed E-state index contributed by atoms with van der Waals surface area (Å²) in [6.45, 7) is 0.828. The van der Waals surface area contributed by atoms with Crippen LogP contribution in [0.15, 0.2) is 12.1 Å². The quantitative estimate of drug-likeness (QED) is 0.533. The molecule has 2 saturated carbocycles. The van der Waals surface area contributed by atoms with E-state index in [0.717, 1.165) is 18.4 Å². The predicted octanol–water partition coefficient (Wildman–Crippen LogP) is 1.27. The highest BCUT2D eigenvalue weighted by molar-refractivity contribution is 5.96. The van der Waals surface area contributed by atoms with Gasteiger partial charge in [-0.1, -0.05) is 6.07 Å². The molecule has 1 aromatic rings. The summed E-state index contributed by atoms with van der Waals surface area (Å²) in [5, 5.41) is 36.8. The van der Waals surface area contributed by atoms with E-state index < -0.39 is 27.6 Å². The third kappa shape index (κ3) is 2.21. The number of ketones is 1. The monoisotopic (exact) mass is 386 g/mol. The van der Waals surface area contributed by atoms with Gasteiger partial charge >= 0.3 is 0 Å². The summed E-state index contributed by atoms with van der Waals surface area (Å²) in [6.07, 6.45) is 3.35. The van der Waals surface area contributed by atoms with Crippen LogP contribution in [0.4, 0.5) is 0 Å². The molecule has 4 atom stereocenters. The number of hydrogen-bond acceptors (Lipinski definition) is 5. The number of aliphatic hydroxyl groups is 1. The van der Waals surface area contributed by atoms with Crippen LogP contribution < -0.4 is 5.73 Å². The average Bonchev–Trinajstić information content (AvgIpc) is 3.43. The van der Waals surface area contributed by atoms with Crippen LogP contribution in [0.5, 0.6) is 5.75 Å². The normalized spacial score (nSPS) is 39.2. The second-order valence-electron chi connectivity index (χ2n) is 9.35. The first-order chi connectivity index (χ1) is 13.2. The van der Waals surface area contributed by atoms with Crippen molar-refractivity contribution in [2.45, 2.75) is 62.0 Å². The van der Waals surface area contributed by atoms with E-state index in [-0.39, 0.29) is 36.4 Å². The molecule has 150 valence electrons. The molecule has 3 aliphatic carbocycles. The fraction of sp³-hybridized carbons (Fsp3) is 0.619. The third-order valence-corrected chi connectivity index (χ3v) is 7.83. The van der Waals surface area contributed by atoms with Crippen LogP contribution in [0.2, 0.25) is 0 Å². The maximum absolute atomic E-state index is 13.9. The molecule has 0 aromatic heterocycles. The van der Waals surface area contributed by atoms with Crippen LogP contribution in [-0.4, -0.2) is 51.3 Å². The number of carbonyl (C=O) groups excluding carboxylic acids is 2. The van der Waals surface area contributed by atoms with Crippen molar-refractivity contribution in [2.75, 3.05) is 13.1 Å². The topological polar surface area (TPSA) is 124 Å². The molecular weight excluding hydrogens is 360 g/mol. The number of quaternary nitrogens is 1. The molecular formula is C21H26N2O5. The Morgan fingerprint density at radius 2 is 2.07 bits per heavy atom. The summed E-state index contributed by atoms with van der Waals surface area (Å²) >= 11 is 0. The molecule has 5 rings (SSSR count). The lowest BCUT2D eigenvalue weighted by Gasteiger charge is -2.67. The number of carbonyl (C=O) groups is 2. The Kier molecular flexibility index (Phi) is 3.59. The Hall–Kier alpha value is -1.96. The third-order valence-electron chi connectivity index (χ3n) is 7.83. The number of likely N-dealkylation sites (tertiary alicyclic amines) is 1. The van der Waals surface area contributed by atoms with Crippen LogP contribution in [0.25, 0.3) is 0 Å². The van der Waals surface area contributed by atoms with Crippen molar-refractivity contribution in [3.8, 4) is 5.75 Å². The SMILES string of the molecule is NC(=O)c1ccc2c(c1O)[C@]13CC[N+]([O-])(CC4CC4)[C@H](C2)[C@]1(O)CCC(=O)C3. The summed E-state index contributed by atoms with van der Waals surface area (Å²) in [4.78, 5) is 24.3. The van der Waals surface area contributed by atoms with E-state index in [2.05, 4.69) is 0 Å². The first kappa shape index (κ1) is 18.1. The Morgan fingerprint density at radius 1 is 1.32 bits per heavy atom. The van der Waals surface area contributed by atoms with Crippen molar-refractivity contribution in [1.82, 2.24) is 0 Å². The maximum Gasteiger partial charge on any atom is 0.252 e. The number of piperidine rings is 1. The largest absolute Gasteiger partial charge is 0.632 e. The number of rotatable bonds is 3. The van der Waals surface area contributed by atoms with Crippen LogP contribution in [0, 0.1) is 11.1 Å². The standard InChI is InChI=1S/C21H26N2O5/c22-19(26)15-4-3-13-9-16-21(27)6-5-14(24)10-20(21,17(13)18(15)25)7-8-23(16,28)11-12-1-2-12/h3-4,12,16,25,27H,1-2,5-11H2,(H2,22,26)/t16-,20-,21-,23?/m1/s1. The number of nitrogens with two attached hydrogens (primary N) is 1. The highest BCUT2D eigenvalue weighted by Gasteiger charge is 2.69. The van der Waals surface area contributed by atoms with Crippen molar-refractivity contribution in [1.29, 1.82) is 0 Å². The fourth-order valence-corrected chi connectivity index (χ4v) is 6.33. The minimum absolute atomic E-state index is 0.00150. The summed E-state index contributed by atoms with van der Waals surface area (Å²) in [7, 11) is 0. The highest BCUT2D eigenvalue weighted by atomic mass is 16.6. The number of primary amides is 1. The molecule has 1 saturated heterocycles. The molecule has 28 heavy (non-hydrogen) atoms. The van der Waals surface area contributed by atoms with E-state index in [1.165, 1.54) is 6.07 Å². The van der Waals surface area contributed by atoms with Gasteiger partial charge in [0.2, 0.25) is 0 Å². The number of hydroxylamine groups is 3. The Balaban J connectivity index is 1.73. The van der Waals surface area contributed by atoms with Gasteiger partial charge in [0.25, 0.3) is 5.91 Å². The first-order valence-corrected chi connectivity index (χ1v) is 10.2. The van der Waals surface area contributed by atoms with Gasteiger partial charge in [-0.25, -0.2) is 0 Å². The number of Topliss-reactive ketones (excluding diaryl/α,β-unsaturated/α-hetero) is 1. The van der Waals surface area contributed by atoms with Gasteiger partial charge in [0.15, 0.2) is 0 Å². The molecule has 7 nitrogen and oxygen atoms in total. The lowest BCUT2D eigenvalue weighted by molar-refractivity contribution is -0.923. The van der Waals surface area contributed by atoms with Gasteiger partial charge in [-0.05, 0) is 30.9 Å². The number of hydrogen-bond donors (Lipinski definition) is 3. The van der Waals surface area contributed by atoms with Gasteiger partial charge in [0, 0.05) is 42.6 Å². The van der Waals surface area contributed by atoms with Crippen molar-refractivity contribution in [3.05, 3.63) is 34.0 Å². The van der Waals surface area contributed by atoms with Gasteiger partial charge in [0.05, 0.1) is 18.7 Å². The predicted molar refractivity (Wildman–Crippen MR) is 100 cm³/mol. The molecule has 1 unspecified atom stereocenters. The summed E-state index contributed by atoms with van der Waals surface area (Å²) in [6, 6.07) is 2.66. The van der Waals surface area contributed by atoms with Crippen LogP contribution >= 0.6 is 0 Å². The van der Waals surface area contributed by atoms with Gasteiger partial charge in [-0.3, -0.25) is 9.59 Å².